The summed E-state index contributed by atoms with van der Waals surface area (Å²) in [5.41, 5.74) is 6.51. The van der Waals surface area contributed by atoms with Gasteiger partial charge in [0, 0.05) is 6.42 Å². The Morgan fingerprint density at radius 2 is 2.29 bits per heavy atom. The topological polar surface area (TPSA) is 155 Å². The molecule has 3 heterocycles. The molecule has 4 unspecified atom stereocenters. The van der Waals surface area contributed by atoms with Gasteiger partial charge in [-0.25, -0.2) is 24.1 Å². The predicted octanol–water partition coefficient (Wildman–Crippen LogP) is 0.545. The van der Waals surface area contributed by atoms with E-state index in [1.54, 1.807) is 13.8 Å². The maximum absolute atomic E-state index is 14.6. The van der Waals surface area contributed by atoms with Crippen molar-refractivity contribution in [2.24, 2.45) is 0 Å². The molecule has 2 aromatic heterocycles. The van der Waals surface area contributed by atoms with Crippen LogP contribution in [0.25, 0.3) is 11.2 Å². The van der Waals surface area contributed by atoms with E-state index >= 15 is 0 Å². The Kier molecular flexibility index (Phi) is 6.36. The van der Waals surface area contributed by atoms with Crippen LogP contribution < -0.4 is 5.73 Å². The normalized spacial score (nSPS) is 23.4. The number of hydrogen-bond donors (Lipinski definition) is 3. The number of carbonyl (C=O) groups excluding carboxylic acids is 1. The zero-order chi connectivity index (χ0) is 20.4. The van der Waals surface area contributed by atoms with Crippen LogP contribution in [0.2, 0.25) is 0 Å². The highest BCUT2D eigenvalue weighted by molar-refractivity contribution is 7.46. The van der Waals surface area contributed by atoms with Crippen molar-refractivity contribution in [3.63, 3.8) is 0 Å². The number of halogens is 1. The van der Waals surface area contributed by atoms with Crippen molar-refractivity contribution in [2.45, 2.75) is 44.6 Å². The number of esters is 1. The number of rotatable bonds is 7. The number of anilines is 1. The number of ether oxygens (including phenoxy) is 3. The minimum absolute atomic E-state index is 0.0196. The van der Waals surface area contributed by atoms with Crippen LogP contribution >= 0.6 is 8.38 Å². The first-order chi connectivity index (χ1) is 13.3. The monoisotopic (exact) mass is 417 g/mol. The summed E-state index contributed by atoms with van der Waals surface area (Å²) >= 11 is 0. The van der Waals surface area contributed by atoms with Crippen LogP contribution in [0.5, 0.6) is 0 Å². The molecule has 0 radical (unpaired) electrons. The van der Waals surface area contributed by atoms with Crippen LogP contribution in [-0.2, 0) is 19.0 Å². The largest absolute Gasteiger partial charge is 0.464 e. The van der Waals surface area contributed by atoms with Crippen molar-refractivity contribution in [3.8, 4) is 0 Å². The van der Waals surface area contributed by atoms with E-state index in [9.17, 15) is 19.0 Å². The van der Waals surface area contributed by atoms with Crippen molar-refractivity contribution in [3.05, 3.63) is 12.2 Å². The first kappa shape index (κ1) is 20.7. The number of aryl methyl sites for hydroxylation is 1. The van der Waals surface area contributed by atoms with E-state index in [1.807, 2.05) is 0 Å². The van der Waals surface area contributed by atoms with Gasteiger partial charge in [0.2, 0.25) is 14.2 Å². The number of fused-ring (bicyclic) bond motifs is 1. The second-order valence-corrected chi connectivity index (χ2v) is 7.25. The molecule has 11 nitrogen and oxygen atoms in total. The van der Waals surface area contributed by atoms with Gasteiger partial charge in [0.1, 0.15) is 17.5 Å². The van der Waals surface area contributed by atoms with Crippen LogP contribution in [0.4, 0.5) is 10.2 Å². The van der Waals surface area contributed by atoms with Crippen molar-refractivity contribution in [1.29, 1.82) is 0 Å². The summed E-state index contributed by atoms with van der Waals surface area (Å²) in [6.07, 6.45) is -1.78. The second kappa shape index (κ2) is 8.58. The molecule has 28 heavy (non-hydrogen) atoms. The van der Waals surface area contributed by atoms with E-state index < -0.39 is 38.7 Å². The smallest absolute Gasteiger partial charge is 0.344 e. The third-order valence-electron chi connectivity index (χ3n) is 4.10. The maximum Gasteiger partial charge on any atom is 0.344 e. The van der Waals surface area contributed by atoms with E-state index in [1.165, 1.54) is 10.9 Å². The van der Waals surface area contributed by atoms with Crippen LogP contribution in [-0.4, -0.2) is 66.6 Å². The zero-order valence-corrected chi connectivity index (χ0v) is 16.1. The number of aromatic nitrogens is 4. The molecule has 154 valence electrons. The minimum atomic E-state index is -2.72. The van der Waals surface area contributed by atoms with E-state index in [4.69, 9.17) is 19.9 Å². The molecule has 4 atom stereocenters. The first-order valence-electron chi connectivity index (χ1n) is 8.53. The van der Waals surface area contributed by atoms with Gasteiger partial charge in [-0.15, -0.1) is 0 Å². The van der Waals surface area contributed by atoms with Crippen molar-refractivity contribution in [1.82, 2.24) is 19.5 Å². The van der Waals surface area contributed by atoms with Crippen molar-refractivity contribution in [2.75, 3.05) is 18.9 Å². The molecule has 0 aliphatic carbocycles. The molecule has 1 fully saturated rings. The Morgan fingerprint density at radius 3 is 2.96 bits per heavy atom. The molecule has 0 amide bonds. The van der Waals surface area contributed by atoms with Gasteiger partial charge in [-0.2, -0.15) is 0 Å². The summed E-state index contributed by atoms with van der Waals surface area (Å²) in [7, 11) is -2.72. The summed E-state index contributed by atoms with van der Waals surface area (Å²) in [5, 5.41) is 0. The van der Waals surface area contributed by atoms with Crippen molar-refractivity contribution >= 4 is 31.3 Å². The summed E-state index contributed by atoms with van der Waals surface area (Å²) in [6.45, 7) is 3.08. The fourth-order valence-electron chi connectivity index (χ4n) is 2.93. The Labute approximate surface area is 160 Å². The van der Waals surface area contributed by atoms with Crippen molar-refractivity contribution < 1.29 is 33.2 Å². The lowest BCUT2D eigenvalue weighted by Gasteiger charge is -2.20. The van der Waals surface area contributed by atoms with Gasteiger partial charge in [0.05, 0.1) is 25.6 Å². The van der Waals surface area contributed by atoms with Crippen LogP contribution in [0.15, 0.2) is 6.33 Å². The van der Waals surface area contributed by atoms with Gasteiger partial charge in [-0.05, 0) is 13.8 Å². The van der Waals surface area contributed by atoms with E-state index in [-0.39, 0.29) is 25.5 Å². The molecule has 3 rings (SSSR count). The third-order valence-corrected chi connectivity index (χ3v) is 4.88. The van der Waals surface area contributed by atoms with Gasteiger partial charge in [-0.1, -0.05) is 0 Å². The summed E-state index contributed by atoms with van der Waals surface area (Å²) < 4.78 is 31.7. The van der Waals surface area contributed by atoms with Gasteiger partial charge < -0.3 is 29.7 Å². The molecule has 13 heteroatoms. The molecular formula is C15H21FN5O6P. The molecule has 0 spiro atoms. The van der Waals surface area contributed by atoms with Gasteiger partial charge in [0.25, 0.3) is 0 Å². The van der Waals surface area contributed by atoms with Crippen LogP contribution in [0.1, 0.15) is 25.4 Å². The molecule has 1 aliphatic heterocycles. The second-order valence-electron chi connectivity index (χ2n) is 6.14. The summed E-state index contributed by atoms with van der Waals surface area (Å²) in [6, 6.07) is 0. The van der Waals surface area contributed by atoms with E-state index in [0.29, 0.717) is 17.0 Å². The number of nitrogens with two attached hydrogens (primary N) is 1. The highest BCUT2D eigenvalue weighted by Crippen LogP contribution is 2.36. The fourth-order valence-corrected chi connectivity index (χ4v) is 3.41. The van der Waals surface area contributed by atoms with Crippen LogP contribution in [0, 0.1) is 6.92 Å². The highest BCUT2D eigenvalue weighted by atomic mass is 31.2. The molecule has 0 bridgehead atoms. The fraction of sp³-hybridized carbons (Fsp3) is 0.600. The zero-order valence-electron chi connectivity index (χ0n) is 15.2. The number of carbonyl (C=O) groups is 1. The molecule has 1 aliphatic rings. The number of hydrogen-bond acceptors (Lipinski definition) is 10. The Bertz CT molecular complexity index is 852. The Balaban J connectivity index is 1.70. The summed E-state index contributed by atoms with van der Waals surface area (Å²) in [4.78, 5) is 42.8. The molecule has 0 saturated carbocycles. The SMILES string of the molecule is CCOC(=O)C(OCC1CC(F)C(n2cnc3c(N)nc(C)nc32)O1)P(O)O. The molecule has 1 saturated heterocycles. The average Bonchev–Trinajstić information content (AvgIpc) is 3.18. The quantitative estimate of drug-likeness (QED) is 0.429. The molecule has 2 aromatic rings. The third kappa shape index (κ3) is 4.20. The van der Waals surface area contributed by atoms with Gasteiger partial charge >= 0.3 is 5.97 Å². The predicted molar refractivity (Wildman–Crippen MR) is 95.6 cm³/mol. The average molecular weight is 417 g/mol. The molecule has 4 N–H and O–H groups in total. The maximum atomic E-state index is 14.6. The number of alkyl halides is 1. The summed E-state index contributed by atoms with van der Waals surface area (Å²) in [5.74, 6) is -1.84. The highest BCUT2D eigenvalue weighted by Gasteiger charge is 2.39. The first-order valence-corrected chi connectivity index (χ1v) is 9.84. The van der Waals surface area contributed by atoms with E-state index in [0.717, 1.165) is 0 Å². The van der Waals surface area contributed by atoms with Crippen LogP contribution in [0.3, 0.4) is 0 Å². The molecule has 0 aromatic carbocycles. The Morgan fingerprint density at radius 1 is 1.54 bits per heavy atom. The Hall–Kier alpha value is -1.98. The number of imidazole rings is 1. The lowest BCUT2D eigenvalue weighted by atomic mass is 10.2. The minimum Gasteiger partial charge on any atom is -0.464 e. The number of nitrogens with zero attached hydrogens (tertiary/aromatic N) is 4. The van der Waals surface area contributed by atoms with Gasteiger partial charge in [0.15, 0.2) is 17.7 Å². The standard InChI is InChI=1S/C15H21FN5O6P/c1-3-25-14(22)15(28(23)24)26-5-8-4-9(16)13(27-8)21-6-18-10-11(17)19-7(2)20-12(10)21/h6,8-9,13,15,23-24H,3-5H2,1-2H3,(H2,17,19,20). The van der Waals surface area contributed by atoms with Gasteiger partial charge in [-0.3, -0.25) is 4.57 Å². The lowest BCUT2D eigenvalue weighted by Crippen LogP contribution is -2.29. The number of nitrogen functional groups attached to an aromatic ring is 1. The lowest BCUT2D eigenvalue weighted by molar-refractivity contribution is -0.153. The molecular weight excluding hydrogens is 396 g/mol. The van der Waals surface area contributed by atoms with E-state index in [2.05, 4.69) is 15.0 Å².